The number of Topliss-reactive ketones (excluding diaryl/α,β-unsaturated/α-hetero) is 1. The summed E-state index contributed by atoms with van der Waals surface area (Å²) in [4.78, 5) is 32.7. The second-order valence-electron chi connectivity index (χ2n) is 9.39. The molecule has 1 amide bonds. The van der Waals surface area contributed by atoms with Crippen molar-refractivity contribution in [1.29, 1.82) is 0 Å². The summed E-state index contributed by atoms with van der Waals surface area (Å²) in [7, 11) is 0. The highest BCUT2D eigenvalue weighted by atomic mass is 32.1. The number of hydrogen-bond donors (Lipinski definition) is 2. The first kappa shape index (κ1) is 24.9. The van der Waals surface area contributed by atoms with Crippen molar-refractivity contribution in [3.63, 3.8) is 0 Å². The van der Waals surface area contributed by atoms with Gasteiger partial charge in [0.1, 0.15) is 23.4 Å². The Morgan fingerprint density at radius 1 is 1.18 bits per heavy atom. The van der Waals surface area contributed by atoms with Gasteiger partial charge in [0.2, 0.25) is 0 Å². The smallest absolute Gasteiger partial charge is 0.301 e. The van der Waals surface area contributed by atoms with Gasteiger partial charge in [-0.2, -0.15) is 0 Å². The van der Waals surface area contributed by atoms with E-state index in [2.05, 4.69) is 4.98 Å². The van der Waals surface area contributed by atoms with Gasteiger partial charge in [-0.25, -0.2) is 9.37 Å². The van der Waals surface area contributed by atoms with Gasteiger partial charge in [-0.3, -0.25) is 14.5 Å². The minimum absolute atomic E-state index is 0.0131. The van der Waals surface area contributed by atoms with E-state index in [4.69, 9.17) is 9.47 Å². The van der Waals surface area contributed by atoms with Crippen molar-refractivity contribution < 1.29 is 33.7 Å². The van der Waals surface area contributed by atoms with Gasteiger partial charge < -0.3 is 19.7 Å². The molecule has 6 rings (SSSR count). The Morgan fingerprint density at radius 2 is 2.00 bits per heavy atom. The number of halogens is 1. The number of phenolic OH excluding ortho intramolecular Hbond substituents is 1. The van der Waals surface area contributed by atoms with Crippen LogP contribution in [0.25, 0.3) is 16.0 Å². The van der Waals surface area contributed by atoms with Gasteiger partial charge in [0.05, 0.1) is 28.4 Å². The summed E-state index contributed by atoms with van der Waals surface area (Å²) in [5.74, 6) is -1.81. The number of aromatic nitrogens is 1. The number of nitrogens with zero attached hydrogens (tertiary/aromatic N) is 2. The zero-order valence-corrected chi connectivity index (χ0v) is 21.8. The molecular weight excluding hydrogens is 523 g/mol. The summed E-state index contributed by atoms with van der Waals surface area (Å²) >= 11 is 1.06. The second-order valence-corrected chi connectivity index (χ2v) is 10.4. The van der Waals surface area contributed by atoms with E-state index in [1.54, 1.807) is 31.2 Å². The van der Waals surface area contributed by atoms with E-state index in [1.165, 1.54) is 35.2 Å². The zero-order valence-electron chi connectivity index (χ0n) is 21.0. The Balaban J connectivity index is 1.55. The van der Waals surface area contributed by atoms with E-state index in [-0.39, 0.29) is 40.7 Å². The van der Waals surface area contributed by atoms with Crippen LogP contribution in [-0.2, 0) is 16.0 Å². The molecule has 3 aromatic carbocycles. The summed E-state index contributed by atoms with van der Waals surface area (Å²) in [6, 6.07) is 12.6. The van der Waals surface area contributed by atoms with Crippen molar-refractivity contribution in [3.8, 4) is 17.2 Å². The van der Waals surface area contributed by atoms with E-state index in [0.717, 1.165) is 16.9 Å². The molecule has 10 heteroatoms. The number of benzene rings is 3. The Labute approximate surface area is 226 Å². The van der Waals surface area contributed by atoms with Crippen LogP contribution in [-0.4, -0.2) is 39.6 Å². The third-order valence-electron chi connectivity index (χ3n) is 6.76. The number of ether oxygens (including phenoxy) is 2. The van der Waals surface area contributed by atoms with Crippen LogP contribution in [0.1, 0.15) is 36.6 Å². The van der Waals surface area contributed by atoms with Crippen LogP contribution >= 0.6 is 11.3 Å². The highest BCUT2D eigenvalue weighted by molar-refractivity contribution is 7.22. The van der Waals surface area contributed by atoms with Crippen molar-refractivity contribution in [2.24, 2.45) is 0 Å². The van der Waals surface area contributed by atoms with Crippen molar-refractivity contribution in [2.45, 2.75) is 32.4 Å². The van der Waals surface area contributed by atoms with Crippen LogP contribution in [0.5, 0.6) is 17.2 Å². The molecule has 198 valence electrons. The van der Waals surface area contributed by atoms with Gasteiger partial charge >= 0.3 is 5.91 Å². The lowest BCUT2D eigenvalue weighted by Gasteiger charge is -2.23. The predicted molar refractivity (Wildman–Crippen MR) is 144 cm³/mol. The minimum Gasteiger partial charge on any atom is -0.507 e. The number of rotatable bonds is 5. The topological polar surface area (TPSA) is 109 Å². The van der Waals surface area contributed by atoms with Crippen LogP contribution in [0.4, 0.5) is 9.52 Å². The molecule has 0 spiro atoms. The third kappa shape index (κ3) is 4.17. The Bertz CT molecular complexity index is 1700. The summed E-state index contributed by atoms with van der Waals surface area (Å²) in [5.41, 5.74) is 2.00. The van der Waals surface area contributed by atoms with Crippen molar-refractivity contribution in [1.82, 2.24) is 4.98 Å². The number of carbonyl (C=O) groups excluding carboxylic acids is 2. The molecule has 1 aromatic heterocycles. The van der Waals surface area contributed by atoms with E-state index in [9.17, 15) is 24.2 Å². The molecule has 2 aliphatic heterocycles. The largest absolute Gasteiger partial charge is 0.507 e. The van der Waals surface area contributed by atoms with E-state index < -0.39 is 23.5 Å². The Morgan fingerprint density at radius 3 is 2.79 bits per heavy atom. The number of ketones is 1. The fourth-order valence-corrected chi connectivity index (χ4v) is 6.05. The monoisotopic (exact) mass is 546 g/mol. The highest BCUT2D eigenvalue weighted by Gasteiger charge is 2.48. The number of carbonyl (C=O) groups is 2. The quantitative estimate of drug-likeness (QED) is 0.194. The Kier molecular flexibility index (Phi) is 5.99. The van der Waals surface area contributed by atoms with Crippen LogP contribution in [0, 0.1) is 5.82 Å². The lowest BCUT2D eigenvalue weighted by molar-refractivity contribution is -0.132. The lowest BCUT2D eigenvalue weighted by Crippen LogP contribution is -2.29. The van der Waals surface area contributed by atoms with Crippen LogP contribution in [0.3, 0.4) is 0 Å². The van der Waals surface area contributed by atoms with Gasteiger partial charge in [-0.15, -0.1) is 0 Å². The van der Waals surface area contributed by atoms with Gasteiger partial charge in [0.15, 0.2) is 16.6 Å². The molecule has 8 nitrogen and oxygen atoms in total. The number of fused-ring (bicyclic) bond motifs is 2. The molecule has 39 heavy (non-hydrogen) atoms. The fourth-order valence-electron chi connectivity index (χ4n) is 5.03. The minimum atomic E-state index is -1.08. The van der Waals surface area contributed by atoms with Crippen LogP contribution in [0.2, 0.25) is 0 Å². The first-order chi connectivity index (χ1) is 18.7. The van der Waals surface area contributed by atoms with E-state index in [1.807, 2.05) is 6.92 Å². The molecule has 1 saturated heterocycles. The summed E-state index contributed by atoms with van der Waals surface area (Å²) in [6.07, 6.45) is 0.632. The standard InChI is InChI=1S/C29H23FN2O6S/c1-3-37-22-12-15(4-8-20(22)33)25-24(26(34)16-5-9-21-17(11-16)10-14(2)38-21)27(35)28(36)32(25)29-31-19-7-6-18(30)13-23(19)39-29/h4-9,11-14,25,33-34H,3,10H2,1-2H3/t14-,25-/m1/s1. The number of anilines is 1. The number of amides is 1. The molecule has 0 radical (unpaired) electrons. The maximum atomic E-state index is 13.9. The molecule has 1 fully saturated rings. The van der Waals surface area contributed by atoms with Gasteiger partial charge in [0.25, 0.3) is 5.78 Å². The maximum Gasteiger partial charge on any atom is 0.301 e. The number of hydrogen-bond acceptors (Lipinski definition) is 8. The average Bonchev–Trinajstić information content (AvgIpc) is 3.57. The van der Waals surface area contributed by atoms with E-state index >= 15 is 0 Å². The first-order valence-electron chi connectivity index (χ1n) is 12.4. The van der Waals surface area contributed by atoms with Crippen molar-refractivity contribution in [2.75, 3.05) is 11.5 Å². The third-order valence-corrected chi connectivity index (χ3v) is 7.78. The van der Waals surface area contributed by atoms with Gasteiger partial charge in [-0.1, -0.05) is 17.4 Å². The molecule has 3 heterocycles. The fraction of sp³-hybridized carbons (Fsp3) is 0.207. The SMILES string of the molecule is CCOc1cc([C@@H]2C(=C(O)c3ccc4c(c3)C[C@@H](C)O4)C(=O)C(=O)N2c2nc3ccc(F)cc3s2)ccc1O. The first-order valence-corrected chi connectivity index (χ1v) is 13.2. The lowest BCUT2D eigenvalue weighted by atomic mass is 9.94. The Hall–Kier alpha value is -4.44. The highest BCUT2D eigenvalue weighted by Crippen LogP contribution is 2.46. The van der Waals surface area contributed by atoms with Crippen molar-refractivity contribution in [3.05, 3.63) is 82.7 Å². The van der Waals surface area contributed by atoms with Gasteiger partial charge in [0, 0.05) is 12.0 Å². The summed E-state index contributed by atoms with van der Waals surface area (Å²) in [5, 5.41) is 22.0. The molecule has 2 atom stereocenters. The number of aromatic hydroxyl groups is 1. The molecule has 0 aliphatic carbocycles. The van der Waals surface area contributed by atoms with Gasteiger partial charge in [-0.05, 0) is 73.5 Å². The molecular formula is C29H23FN2O6S. The number of aliphatic hydroxyl groups is 1. The van der Waals surface area contributed by atoms with Crippen LogP contribution in [0.15, 0.2) is 60.2 Å². The molecule has 0 bridgehead atoms. The number of aliphatic hydroxyl groups excluding tert-OH is 1. The average molecular weight is 547 g/mol. The number of thiazole rings is 1. The predicted octanol–water partition coefficient (Wildman–Crippen LogP) is 5.49. The molecule has 2 aliphatic rings. The summed E-state index contributed by atoms with van der Waals surface area (Å²) < 4.78 is 25.7. The molecule has 4 aromatic rings. The zero-order chi connectivity index (χ0) is 27.4. The van der Waals surface area contributed by atoms with Crippen molar-refractivity contribution >= 4 is 44.1 Å². The summed E-state index contributed by atoms with van der Waals surface area (Å²) in [6.45, 7) is 3.98. The normalized spacial score (nSPS) is 19.9. The maximum absolute atomic E-state index is 13.9. The molecule has 0 unspecified atom stereocenters. The van der Waals surface area contributed by atoms with Crippen LogP contribution < -0.4 is 14.4 Å². The second kappa shape index (κ2) is 9.39. The van der Waals surface area contributed by atoms with E-state index in [0.29, 0.717) is 33.5 Å². The molecule has 2 N–H and O–H groups in total. The number of phenols is 1. The molecule has 0 saturated carbocycles.